The van der Waals surface area contributed by atoms with Crippen LogP contribution in [0.5, 0.6) is 0 Å². The summed E-state index contributed by atoms with van der Waals surface area (Å²) < 4.78 is 6.14. The monoisotopic (exact) mass is 339 g/mol. The maximum Gasteiger partial charge on any atom is 0.410 e. The molecule has 0 aromatic rings. The number of hydrogen-bond acceptors (Lipinski definition) is 2. The summed E-state index contributed by atoms with van der Waals surface area (Å²) in [6.45, 7) is 5.71. The van der Waals surface area contributed by atoms with E-state index in [4.69, 9.17) is 4.74 Å². The van der Waals surface area contributed by atoms with Crippen molar-refractivity contribution in [3.8, 4) is 0 Å². The Labute approximate surface area is 112 Å². The van der Waals surface area contributed by atoms with Crippen LogP contribution in [-0.4, -0.2) is 33.6 Å². The molecule has 0 N–H and O–H groups in total. The third kappa shape index (κ3) is 4.47. The van der Waals surface area contributed by atoms with Crippen LogP contribution in [0.2, 0.25) is 0 Å². The van der Waals surface area contributed by atoms with Gasteiger partial charge in [-0.15, -0.1) is 0 Å². The zero-order chi connectivity index (χ0) is 12.3. The summed E-state index contributed by atoms with van der Waals surface area (Å²) in [5, 5.41) is 0. The Kier molecular flexibility index (Phi) is 4.88. The first kappa shape index (κ1) is 14.1. The van der Waals surface area contributed by atoms with Gasteiger partial charge in [0, 0.05) is 17.0 Å². The predicted octanol–water partition coefficient (Wildman–Crippen LogP) is 3.60. The quantitative estimate of drug-likeness (QED) is 0.540. The van der Waals surface area contributed by atoms with Crippen LogP contribution in [0.1, 0.15) is 46.5 Å². The Hall–Kier alpha value is 0. The lowest BCUT2D eigenvalue weighted by molar-refractivity contribution is 0.0191. The molecule has 0 spiro atoms. The Morgan fingerprint density at radius 2 is 1.75 bits per heavy atom. The van der Waals surface area contributed by atoms with E-state index in [-0.39, 0.29) is 6.09 Å². The van der Waals surface area contributed by atoms with Gasteiger partial charge in [0.25, 0.3) is 0 Å². The van der Waals surface area contributed by atoms with E-state index >= 15 is 0 Å². The second kappa shape index (κ2) is 5.56. The number of rotatable bonds is 1. The highest BCUT2D eigenvalue weighted by molar-refractivity contribution is 14.1. The minimum absolute atomic E-state index is 0.190. The first-order valence-electron chi connectivity index (χ1n) is 5.89. The van der Waals surface area contributed by atoms with Crippen LogP contribution < -0.4 is 0 Å². The molecule has 0 heterocycles. The maximum atomic E-state index is 11.8. The Morgan fingerprint density at radius 3 is 2.19 bits per heavy atom. The molecule has 0 aromatic carbocycles. The van der Waals surface area contributed by atoms with Gasteiger partial charge in [0.1, 0.15) is 5.60 Å². The molecule has 1 aliphatic rings. The van der Waals surface area contributed by atoms with E-state index in [0.29, 0.717) is 6.04 Å². The van der Waals surface area contributed by atoms with Crippen LogP contribution in [0.15, 0.2) is 0 Å². The molecule has 1 rings (SSSR count). The minimum Gasteiger partial charge on any atom is -0.444 e. The highest BCUT2D eigenvalue weighted by Gasteiger charge is 2.28. The normalized spacial score (nSPS) is 26.3. The summed E-state index contributed by atoms with van der Waals surface area (Å²) in [6.07, 6.45) is 4.42. The van der Waals surface area contributed by atoms with Crippen LogP contribution in [-0.2, 0) is 4.74 Å². The number of carbonyl (C=O) groups is 1. The molecule has 0 atom stereocenters. The molecule has 1 aliphatic carbocycles. The predicted molar refractivity (Wildman–Crippen MR) is 74.1 cm³/mol. The molecule has 0 unspecified atom stereocenters. The fourth-order valence-corrected chi connectivity index (χ4v) is 2.62. The van der Waals surface area contributed by atoms with Gasteiger partial charge in [-0.05, 0) is 46.5 Å². The largest absolute Gasteiger partial charge is 0.444 e. The first-order valence-corrected chi connectivity index (χ1v) is 7.14. The van der Waals surface area contributed by atoms with Crippen LogP contribution in [0.25, 0.3) is 0 Å². The molecule has 0 radical (unpaired) electrons. The molecule has 1 saturated carbocycles. The van der Waals surface area contributed by atoms with Gasteiger partial charge in [0.15, 0.2) is 0 Å². The smallest absolute Gasteiger partial charge is 0.410 e. The summed E-state index contributed by atoms with van der Waals surface area (Å²) in [4.78, 5) is 13.6. The fraction of sp³-hybridized carbons (Fsp3) is 0.917. The second-order valence-corrected chi connectivity index (χ2v) is 7.26. The van der Waals surface area contributed by atoms with Gasteiger partial charge in [-0.25, -0.2) is 4.79 Å². The van der Waals surface area contributed by atoms with Gasteiger partial charge in [-0.2, -0.15) is 0 Å². The van der Waals surface area contributed by atoms with Crippen molar-refractivity contribution < 1.29 is 9.53 Å². The molecule has 1 amide bonds. The van der Waals surface area contributed by atoms with Gasteiger partial charge in [-0.3, -0.25) is 0 Å². The highest BCUT2D eigenvalue weighted by atomic mass is 127. The van der Waals surface area contributed by atoms with E-state index in [9.17, 15) is 4.79 Å². The zero-order valence-electron chi connectivity index (χ0n) is 10.6. The van der Waals surface area contributed by atoms with Gasteiger partial charge >= 0.3 is 6.09 Å². The molecule has 0 aromatic heterocycles. The van der Waals surface area contributed by atoms with E-state index in [0.717, 1.165) is 16.8 Å². The zero-order valence-corrected chi connectivity index (χ0v) is 12.8. The molecule has 3 nitrogen and oxygen atoms in total. The molecule has 1 fully saturated rings. The molecule has 0 aliphatic heterocycles. The Bertz CT molecular complexity index is 242. The SMILES string of the molecule is CN(C(=O)OC(C)(C)C)C1CCC(I)CC1. The lowest BCUT2D eigenvalue weighted by Gasteiger charge is -2.34. The van der Waals surface area contributed by atoms with E-state index in [2.05, 4.69) is 22.6 Å². The number of halogens is 1. The Balaban J connectivity index is 2.45. The average Bonchev–Trinajstić information content (AvgIpc) is 2.15. The van der Waals surface area contributed by atoms with E-state index in [1.165, 1.54) is 12.8 Å². The standard InChI is InChI=1S/C12H22INO2/c1-12(2,3)16-11(15)14(4)10-7-5-9(13)6-8-10/h9-10H,5-8H2,1-4H3. The Morgan fingerprint density at radius 1 is 1.25 bits per heavy atom. The van der Waals surface area contributed by atoms with Gasteiger partial charge in [-0.1, -0.05) is 22.6 Å². The number of amides is 1. The number of nitrogens with zero attached hydrogens (tertiary/aromatic N) is 1. The van der Waals surface area contributed by atoms with Crippen molar-refractivity contribution in [2.45, 2.75) is 62.0 Å². The molecule has 16 heavy (non-hydrogen) atoms. The number of hydrogen-bond donors (Lipinski definition) is 0. The minimum atomic E-state index is -0.397. The van der Waals surface area contributed by atoms with Crippen molar-refractivity contribution in [2.75, 3.05) is 7.05 Å². The van der Waals surface area contributed by atoms with Crippen LogP contribution in [0, 0.1) is 0 Å². The fourth-order valence-electron chi connectivity index (χ4n) is 1.91. The lowest BCUT2D eigenvalue weighted by atomic mass is 9.95. The highest BCUT2D eigenvalue weighted by Crippen LogP contribution is 2.27. The van der Waals surface area contributed by atoms with E-state index in [1.54, 1.807) is 4.90 Å². The molecular weight excluding hydrogens is 317 g/mol. The second-order valence-electron chi connectivity index (χ2n) is 5.50. The summed E-state index contributed by atoms with van der Waals surface area (Å²) in [5.74, 6) is 0. The van der Waals surface area contributed by atoms with Crippen LogP contribution in [0.3, 0.4) is 0 Å². The summed E-state index contributed by atoms with van der Waals surface area (Å²) >= 11 is 2.49. The van der Waals surface area contributed by atoms with E-state index in [1.807, 2.05) is 27.8 Å². The summed E-state index contributed by atoms with van der Waals surface area (Å²) in [5.41, 5.74) is -0.397. The number of carbonyl (C=O) groups excluding carboxylic acids is 1. The summed E-state index contributed by atoms with van der Waals surface area (Å²) in [7, 11) is 1.85. The third-order valence-electron chi connectivity index (χ3n) is 2.86. The molecular formula is C12H22INO2. The van der Waals surface area contributed by atoms with Crippen LogP contribution in [0.4, 0.5) is 4.79 Å². The molecule has 0 bridgehead atoms. The van der Waals surface area contributed by atoms with Crippen molar-refractivity contribution in [1.29, 1.82) is 0 Å². The maximum absolute atomic E-state index is 11.8. The van der Waals surface area contributed by atoms with Gasteiger partial charge in [0.2, 0.25) is 0 Å². The summed E-state index contributed by atoms with van der Waals surface area (Å²) in [6, 6.07) is 0.362. The van der Waals surface area contributed by atoms with Gasteiger partial charge in [0.05, 0.1) is 0 Å². The van der Waals surface area contributed by atoms with Crippen molar-refractivity contribution in [1.82, 2.24) is 4.90 Å². The number of alkyl halides is 1. The van der Waals surface area contributed by atoms with Crippen LogP contribution >= 0.6 is 22.6 Å². The van der Waals surface area contributed by atoms with Gasteiger partial charge < -0.3 is 9.64 Å². The third-order valence-corrected chi connectivity index (χ3v) is 4.10. The van der Waals surface area contributed by atoms with Crippen molar-refractivity contribution in [2.24, 2.45) is 0 Å². The molecule has 94 valence electrons. The molecule has 0 saturated heterocycles. The first-order chi connectivity index (χ1) is 7.29. The van der Waals surface area contributed by atoms with Crippen molar-refractivity contribution in [3.05, 3.63) is 0 Å². The van der Waals surface area contributed by atoms with Crippen molar-refractivity contribution in [3.63, 3.8) is 0 Å². The lowest BCUT2D eigenvalue weighted by Crippen LogP contribution is -2.42. The molecule has 4 heteroatoms. The van der Waals surface area contributed by atoms with E-state index < -0.39 is 5.60 Å². The van der Waals surface area contributed by atoms with Crippen molar-refractivity contribution >= 4 is 28.7 Å². The topological polar surface area (TPSA) is 29.5 Å². The average molecular weight is 339 g/mol. The number of ether oxygens (including phenoxy) is 1.